The van der Waals surface area contributed by atoms with Gasteiger partial charge in [-0.25, -0.2) is 4.79 Å². The van der Waals surface area contributed by atoms with Crippen LogP contribution in [0.3, 0.4) is 0 Å². The van der Waals surface area contributed by atoms with Crippen molar-refractivity contribution < 1.29 is 23.5 Å². The molecule has 1 saturated heterocycles. The van der Waals surface area contributed by atoms with Crippen LogP contribution < -0.4 is 4.74 Å². The third-order valence-corrected chi connectivity index (χ3v) is 4.22. The summed E-state index contributed by atoms with van der Waals surface area (Å²) in [5.74, 6) is 1.71. The van der Waals surface area contributed by atoms with Crippen molar-refractivity contribution in [3.05, 3.63) is 41.5 Å². The van der Waals surface area contributed by atoms with Crippen molar-refractivity contribution in [1.82, 2.24) is 10.1 Å². The van der Waals surface area contributed by atoms with Gasteiger partial charge in [-0.05, 0) is 30.5 Å². The molecule has 7 nitrogen and oxygen atoms in total. The molecule has 3 rings (SSSR count). The number of hydrogen-bond acceptors (Lipinski definition) is 7. The first-order valence-electron chi connectivity index (χ1n) is 8.33. The fourth-order valence-corrected chi connectivity index (χ4v) is 2.99. The molecule has 0 N–H and O–H groups in total. The summed E-state index contributed by atoms with van der Waals surface area (Å²) in [4.78, 5) is 16.0. The molecule has 2 unspecified atom stereocenters. The number of carbonyl (C=O) groups is 1. The fourth-order valence-electron chi connectivity index (χ4n) is 2.99. The Hall–Kier alpha value is -2.41. The van der Waals surface area contributed by atoms with Gasteiger partial charge in [-0.15, -0.1) is 0 Å². The molecule has 0 radical (unpaired) electrons. The van der Waals surface area contributed by atoms with E-state index in [0.717, 1.165) is 6.42 Å². The van der Waals surface area contributed by atoms with E-state index in [9.17, 15) is 4.79 Å². The third kappa shape index (κ3) is 3.99. The highest BCUT2D eigenvalue weighted by atomic mass is 16.5. The SMILES string of the molecule is COC(=O)c1cccc(OCc2noc(C3CCOC3C(C)C)n2)c1. The molecule has 0 amide bonds. The molecule has 0 spiro atoms. The van der Waals surface area contributed by atoms with Crippen molar-refractivity contribution in [2.45, 2.75) is 38.9 Å². The van der Waals surface area contributed by atoms with Crippen molar-refractivity contribution in [2.75, 3.05) is 13.7 Å². The van der Waals surface area contributed by atoms with Gasteiger partial charge in [-0.2, -0.15) is 4.98 Å². The summed E-state index contributed by atoms with van der Waals surface area (Å²) in [6.45, 7) is 5.12. The lowest BCUT2D eigenvalue weighted by molar-refractivity contribution is 0.0600. The van der Waals surface area contributed by atoms with E-state index in [1.54, 1.807) is 24.3 Å². The minimum absolute atomic E-state index is 0.103. The van der Waals surface area contributed by atoms with E-state index in [1.807, 2.05) is 0 Å². The van der Waals surface area contributed by atoms with E-state index in [1.165, 1.54) is 7.11 Å². The van der Waals surface area contributed by atoms with Crippen LogP contribution in [0.1, 0.15) is 48.3 Å². The summed E-state index contributed by atoms with van der Waals surface area (Å²) in [5, 5.41) is 3.99. The minimum atomic E-state index is -0.409. The molecule has 0 aliphatic carbocycles. The molecular weight excluding hydrogens is 324 g/mol. The van der Waals surface area contributed by atoms with E-state index >= 15 is 0 Å². The van der Waals surface area contributed by atoms with Crippen molar-refractivity contribution in [1.29, 1.82) is 0 Å². The van der Waals surface area contributed by atoms with E-state index in [2.05, 4.69) is 24.0 Å². The predicted molar refractivity (Wildman–Crippen MR) is 88.3 cm³/mol. The first kappa shape index (κ1) is 17.4. The zero-order valence-corrected chi connectivity index (χ0v) is 14.6. The second-order valence-corrected chi connectivity index (χ2v) is 6.33. The van der Waals surface area contributed by atoms with Crippen molar-refractivity contribution in [3.63, 3.8) is 0 Å². The van der Waals surface area contributed by atoms with Gasteiger partial charge in [0.25, 0.3) is 0 Å². The van der Waals surface area contributed by atoms with Crippen LogP contribution in [-0.2, 0) is 16.1 Å². The van der Waals surface area contributed by atoms with Gasteiger partial charge in [0.05, 0.1) is 24.7 Å². The van der Waals surface area contributed by atoms with Gasteiger partial charge in [-0.3, -0.25) is 0 Å². The highest BCUT2D eigenvalue weighted by Crippen LogP contribution is 2.34. The van der Waals surface area contributed by atoms with Crippen LogP contribution in [-0.4, -0.2) is 35.9 Å². The normalized spacial score (nSPS) is 20.0. The predicted octanol–water partition coefficient (Wildman–Crippen LogP) is 2.96. The molecule has 7 heteroatoms. The molecule has 1 aromatic carbocycles. The molecule has 2 heterocycles. The molecular formula is C18H22N2O5. The highest BCUT2D eigenvalue weighted by Gasteiger charge is 2.35. The fraction of sp³-hybridized carbons (Fsp3) is 0.500. The summed E-state index contributed by atoms with van der Waals surface area (Å²) in [6, 6.07) is 6.77. The Kier molecular flexibility index (Phi) is 5.33. The molecule has 1 aliphatic heterocycles. The van der Waals surface area contributed by atoms with Crippen LogP contribution in [0.25, 0.3) is 0 Å². The van der Waals surface area contributed by atoms with Crippen LogP contribution in [0.2, 0.25) is 0 Å². The number of esters is 1. The second kappa shape index (κ2) is 7.65. The first-order valence-corrected chi connectivity index (χ1v) is 8.33. The quantitative estimate of drug-likeness (QED) is 0.744. The number of nitrogens with zero attached hydrogens (tertiary/aromatic N) is 2. The van der Waals surface area contributed by atoms with Gasteiger partial charge < -0.3 is 18.7 Å². The lowest BCUT2D eigenvalue weighted by atomic mass is 9.93. The zero-order chi connectivity index (χ0) is 17.8. The van der Waals surface area contributed by atoms with Gasteiger partial charge in [0.15, 0.2) is 6.61 Å². The van der Waals surface area contributed by atoms with Crippen LogP contribution in [0, 0.1) is 5.92 Å². The van der Waals surface area contributed by atoms with Crippen LogP contribution in [0.15, 0.2) is 28.8 Å². The molecule has 1 aromatic heterocycles. The number of methoxy groups -OCH3 is 1. The maximum absolute atomic E-state index is 11.5. The smallest absolute Gasteiger partial charge is 0.337 e. The summed E-state index contributed by atoms with van der Waals surface area (Å²) >= 11 is 0. The highest BCUT2D eigenvalue weighted by molar-refractivity contribution is 5.89. The Morgan fingerprint density at radius 1 is 1.40 bits per heavy atom. The summed E-state index contributed by atoms with van der Waals surface area (Å²) in [5.41, 5.74) is 0.427. The standard InChI is InChI=1S/C18H22N2O5/c1-11(2)16-14(7-8-23-16)17-19-15(20-25-17)10-24-13-6-4-5-12(9-13)18(21)22-3/h4-6,9,11,14,16H,7-8,10H2,1-3H3. The largest absolute Gasteiger partial charge is 0.485 e. The number of carbonyl (C=O) groups excluding carboxylic acids is 1. The van der Waals surface area contributed by atoms with E-state index < -0.39 is 5.97 Å². The Labute approximate surface area is 146 Å². The summed E-state index contributed by atoms with van der Waals surface area (Å²) in [7, 11) is 1.34. The molecule has 1 aliphatic rings. The Bertz CT molecular complexity index is 728. The van der Waals surface area contributed by atoms with Crippen LogP contribution in [0.5, 0.6) is 5.75 Å². The van der Waals surface area contributed by atoms with Gasteiger partial charge in [0, 0.05) is 6.61 Å². The van der Waals surface area contributed by atoms with Crippen molar-refractivity contribution in [3.8, 4) is 5.75 Å². The van der Waals surface area contributed by atoms with Crippen molar-refractivity contribution in [2.24, 2.45) is 5.92 Å². The molecule has 2 aromatic rings. The average molecular weight is 346 g/mol. The second-order valence-electron chi connectivity index (χ2n) is 6.33. The minimum Gasteiger partial charge on any atom is -0.485 e. The zero-order valence-electron chi connectivity index (χ0n) is 14.6. The molecule has 25 heavy (non-hydrogen) atoms. The molecule has 0 bridgehead atoms. The molecule has 1 fully saturated rings. The van der Waals surface area contributed by atoms with Crippen LogP contribution in [0.4, 0.5) is 0 Å². The van der Waals surface area contributed by atoms with Crippen molar-refractivity contribution >= 4 is 5.97 Å². The Morgan fingerprint density at radius 3 is 3.00 bits per heavy atom. The monoisotopic (exact) mass is 346 g/mol. The lowest BCUT2D eigenvalue weighted by Crippen LogP contribution is -2.21. The molecule has 134 valence electrons. The van der Waals surface area contributed by atoms with E-state index in [0.29, 0.717) is 35.6 Å². The van der Waals surface area contributed by atoms with Gasteiger partial charge >= 0.3 is 5.97 Å². The number of aromatic nitrogens is 2. The summed E-state index contributed by atoms with van der Waals surface area (Å²) < 4.78 is 21.5. The van der Waals surface area contributed by atoms with E-state index in [4.69, 9.17) is 18.7 Å². The maximum atomic E-state index is 11.5. The maximum Gasteiger partial charge on any atom is 0.337 e. The van der Waals surface area contributed by atoms with Crippen LogP contribution >= 0.6 is 0 Å². The number of benzene rings is 1. The lowest BCUT2D eigenvalue weighted by Gasteiger charge is -2.18. The Balaban J connectivity index is 1.63. The van der Waals surface area contributed by atoms with Gasteiger partial charge in [0.1, 0.15) is 5.75 Å². The Morgan fingerprint density at radius 2 is 2.24 bits per heavy atom. The number of ether oxygens (including phenoxy) is 3. The number of hydrogen-bond donors (Lipinski definition) is 0. The van der Waals surface area contributed by atoms with Gasteiger partial charge in [-0.1, -0.05) is 25.1 Å². The average Bonchev–Trinajstić information content (AvgIpc) is 3.28. The molecule has 2 atom stereocenters. The van der Waals surface area contributed by atoms with Gasteiger partial charge in [0.2, 0.25) is 11.7 Å². The number of rotatable bonds is 6. The molecule has 0 saturated carbocycles. The topological polar surface area (TPSA) is 83.7 Å². The third-order valence-electron chi connectivity index (χ3n) is 4.22. The summed E-state index contributed by atoms with van der Waals surface area (Å²) in [6.07, 6.45) is 0.984. The van der Waals surface area contributed by atoms with E-state index in [-0.39, 0.29) is 18.6 Å². The first-order chi connectivity index (χ1) is 12.1.